The smallest absolute Gasteiger partial charge is 0.169 e. The van der Waals surface area contributed by atoms with Gasteiger partial charge < -0.3 is 0 Å². The average molecular weight is 364 g/mol. The number of ketones is 1. The van der Waals surface area contributed by atoms with E-state index in [-0.39, 0.29) is 5.41 Å². The molecule has 5 rings (SSSR count). The number of rotatable bonds is 4. The Morgan fingerprint density at radius 1 is 1.04 bits per heavy atom. The van der Waals surface area contributed by atoms with Gasteiger partial charge in [0.25, 0.3) is 0 Å². The first-order chi connectivity index (χ1) is 12.7. The number of nitrogens with zero attached hydrogens (tertiary/aromatic N) is 1. The third-order valence-electron chi connectivity index (χ3n) is 6.61. The van der Waals surface area contributed by atoms with Crippen LogP contribution in [-0.2, 0) is 6.42 Å². The molecule has 2 aromatic rings. The number of aromatic nitrogens is 1. The summed E-state index contributed by atoms with van der Waals surface area (Å²) in [5, 5.41) is 1.16. The Morgan fingerprint density at radius 3 is 2.54 bits per heavy atom. The van der Waals surface area contributed by atoms with Crippen LogP contribution in [0.4, 0.5) is 0 Å². The fraction of sp³-hybridized carbons (Fsp3) is 0.478. The van der Waals surface area contributed by atoms with E-state index in [4.69, 9.17) is 0 Å². The predicted octanol–water partition coefficient (Wildman–Crippen LogP) is 5.67. The summed E-state index contributed by atoms with van der Waals surface area (Å²) in [6, 6.07) is 12.7. The molecular formula is C23H25NOS. The minimum absolute atomic E-state index is 0.117. The maximum Gasteiger partial charge on any atom is 0.169 e. The number of hydrogen-bond donors (Lipinski definition) is 0. The minimum Gasteiger partial charge on any atom is -0.294 e. The van der Waals surface area contributed by atoms with Gasteiger partial charge in [0, 0.05) is 22.9 Å². The van der Waals surface area contributed by atoms with Gasteiger partial charge in [-0.3, -0.25) is 4.79 Å². The van der Waals surface area contributed by atoms with Crippen molar-refractivity contribution in [3.05, 3.63) is 59.3 Å². The van der Waals surface area contributed by atoms with Gasteiger partial charge in [-0.1, -0.05) is 30.3 Å². The molecule has 2 nitrogen and oxygen atoms in total. The molecule has 0 saturated heterocycles. The molecule has 0 N–H and O–H groups in total. The number of carbonyl (C=O) groups is 1. The molecule has 3 aliphatic carbocycles. The van der Waals surface area contributed by atoms with E-state index in [1.54, 1.807) is 0 Å². The third kappa shape index (κ3) is 3.00. The van der Waals surface area contributed by atoms with Gasteiger partial charge in [-0.2, -0.15) is 0 Å². The van der Waals surface area contributed by atoms with E-state index >= 15 is 0 Å². The topological polar surface area (TPSA) is 30.0 Å². The zero-order chi connectivity index (χ0) is 17.6. The third-order valence-corrected chi connectivity index (χ3v) is 7.79. The average Bonchev–Trinajstić information content (AvgIpc) is 3.48. The monoisotopic (exact) mass is 363 g/mol. The first-order valence-electron chi connectivity index (χ1n) is 9.95. The van der Waals surface area contributed by atoms with Crippen LogP contribution in [0.5, 0.6) is 0 Å². The molecule has 2 saturated carbocycles. The summed E-state index contributed by atoms with van der Waals surface area (Å²) < 4.78 is 0. The second kappa shape index (κ2) is 6.53. The fourth-order valence-electron chi connectivity index (χ4n) is 4.74. The molecule has 3 heteroatoms. The van der Waals surface area contributed by atoms with Crippen molar-refractivity contribution in [1.82, 2.24) is 4.98 Å². The summed E-state index contributed by atoms with van der Waals surface area (Å²) in [5.74, 6) is 3.12. The SMILES string of the molecule is O=C1c2ccccc2CC12CCC(c1ccc(SCC3CC3)nc1)CC2. The van der Waals surface area contributed by atoms with Crippen LogP contribution in [-0.4, -0.2) is 16.5 Å². The molecule has 0 unspecified atom stereocenters. The van der Waals surface area contributed by atoms with Crippen molar-refractivity contribution >= 4 is 17.5 Å². The second-order valence-corrected chi connectivity index (χ2v) is 9.44. The van der Waals surface area contributed by atoms with Crippen molar-refractivity contribution in [2.45, 2.75) is 55.9 Å². The Kier molecular flexibility index (Phi) is 4.16. The summed E-state index contributed by atoms with van der Waals surface area (Å²) in [7, 11) is 0. The molecule has 1 aromatic carbocycles. The van der Waals surface area contributed by atoms with E-state index in [9.17, 15) is 4.79 Å². The lowest BCUT2D eigenvalue weighted by atomic mass is 9.67. The van der Waals surface area contributed by atoms with Gasteiger partial charge >= 0.3 is 0 Å². The Morgan fingerprint density at radius 2 is 1.85 bits per heavy atom. The van der Waals surface area contributed by atoms with Crippen LogP contribution < -0.4 is 0 Å². The Bertz CT molecular complexity index is 816. The largest absolute Gasteiger partial charge is 0.294 e. The zero-order valence-corrected chi connectivity index (χ0v) is 15.9. The van der Waals surface area contributed by atoms with E-state index in [1.165, 1.54) is 29.7 Å². The van der Waals surface area contributed by atoms with Crippen LogP contribution in [0.2, 0.25) is 0 Å². The first-order valence-corrected chi connectivity index (χ1v) is 10.9. The number of thioether (sulfide) groups is 1. The van der Waals surface area contributed by atoms with Crippen molar-refractivity contribution in [3.63, 3.8) is 0 Å². The van der Waals surface area contributed by atoms with E-state index < -0.39 is 0 Å². The van der Waals surface area contributed by atoms with Crippen molar-refractivity contribution in [3.8, 4) is 0 Å². The lowest BCUT2D eigenvalue weighted by Crippen LogP contribution is -2.32. The van der Waals surface area contributed by atoms with Crippen LogP contribution in [0.1, 0.15) is 65.9 Å². The molecule has 3 aliphatic rings. The van der Waals surface area contributed by atoms with Crippen LogP contribution in [0.3, 0.4) is 0 Å². The van der Waals surface area contributed by atoms with E-state index in [2.05, 4.69) is 35.4 Å². The molecule has 2 fully saturated rings. The van der Waals surface area contributed by atoms with E-state index in [0.29, 0.717) is 11.7 Å². The summed E-state index contributed by atoms with van der Waals surface area (Å²) in [6.07, 6.45) is 10.1. The molecule has 0 atom stereocenters. The predicted molar refractivity (Wildman–Crippen MR) is 106 cm³/mol. The molecule has 0 aliphatic heterocycles. The second-order valence-electron chi connectivity index (χ2n) is 8.40. The maximum absolute atomic E-state index is 13.0. The van der Waals surface area contributed by atoms with Gasteiger partial charge in [-0.15, -0.1) is 11.8 Å². The molecular weight excluding hydrogens is 338 g/mol. The molecule has 0 radical (unpaired) electrons. The van der Waals surface area contributed by atoms with Crippen molar-refractivity contribution in [1.29, 1.82) is 0 Å². The molecule has 0 amide bonds. The van der Waals surface area contributed by atoms with Gasteiger partial charge in [-0.05, 0) is 74.0 Å². The molecule has 26 heavy (non-hydrogen) atoms. The number of benzene rings is 1. The minimum atomic E-state index is -0.117. The quantitative estimate of drug-likeness (QED) is 0.656. The lowest BCUT2D eigenvalue weighted by molar-refractivity contribution is 0.0734. The van der Waals surface area contributed by atoms with Crippen LogP contribution in [0, 0.1) is 11.3 Å². The highest BCUT2D eigenvalue weighted by Gasteiger charge is 2.47. The lowest BCUT2D eigenvalue weighted by Gasteiger charge is -2.36. The van der Waals surface area contributed by atoms with Crippen LogP contribution >= 0.6 is 11.8 Å². The molecule has 134 valence electrons. The van der Waals surface area contributed by atoms with Gasteiger partial charge in [-0.25, -0.2) is 4.98 Å². The number of hydrogen-bond acceptors (Lipinski definition) is 3. The molecule has 1 heterocycles. The van der Waals surface area contributed by atoms with Gasteiger partial charge in [0.05, 0.1) is 5.03 Å². The molecule has 1 aromatic heterocycles. The highest BCUT2D eigenvalue weighted by Crippen LogP contribution is 2.50. The number of Topliss-reactive ketones (excluding diaryl/α,β-unsaturated/α-hetero) is 1. The summed E-state index contributed by atoms with van der Waals surface area (Å²) in [4.78, 5) is 17.7. The normalized spacial score (nSPS) is 27.7. The van der Waals surface area contributed by atoms with Crippen LogP contribution in [0.25, 0.3) is 0 Å². The van der Waals surface area contributed by atoms with Crippen molar-refractivity contribution in [2.75, 3.05) is 5.75 Å². The van der Waals surface area contributed by atoms with Gasteiger partial charge in [0.15, 0.2) is 5.78 Å². The summed E-state index contributed by atoms with van der Waals surface area (Å²) >= 11 is 1.90. The van der Waals surface area contributed by atoms with Crippen LogP contribution in [0.15, 0.2) is 47.6 Å². The molecule has 1 spiro atoms. The fourth-order valence-corrected chi connectivity index (χ4v) is 5.77. The number of pyridine rings is 1. The Labute approximate surface area is 159 Å². The van der Waals surface area contributed by atoms with Gasteiger partial charge in [0.2, 0.25) is 0 Å². The highest BCUT2D eigenvalue weighted by molar-refractivity contribution is 7.99. The standard InChI is InChI=1S/C23H25NOS/c25-22-20-4-2-1-3-18(20)13-23(22)11-9-17(10-12-23)19-7-8-21(24-14-19)26-15-16-5-6-16/h1-4,7-8,14,16-17H,5-6,9-13,15H2. The van der Waals surface area contributed by atoms with Gasteiger partial charge in [0.1, 0.15) is 0 Å². The summed E-state index contributed by atoms with van der Waals surface area (Å²) in [5.41, 5.74) is 3.48. The maximum atomic E-state index is 13.0. The van der Waals surface area contributed by atoms with E-state index in [1.807, 2.05) is 23.9 Å². The van der Waals surface area contributed by atoms with E-state index in [0.717, 1.165) is 48.6 Å². The highest BCUT2D eigenvalue weighted by atomic mass is 32.2. The Balaban J connectivity index is 1.24. The summed E-state index contributed by atoms with van der Waals surface area (Å²) in [6.45, 7) is 0. The number of carbonyl (C=O) groups excluding carboxylic acids is 1. The Hall–Kier alpha value is -1.61. The van der Waals surface area contributed by atoms with Crippen molar-refractivity contribution in [2.24, 2.45) is 11.3 Å². The molecule has 0 bridgehead atoms. The zero-order valence-electron chi connectivity index (χ0n) is 15.1. The number of fused-ring (bicyclic) bond motifs is 1. The van der Waals surface area contributed by atoms with Crippen molar-refractivity contribution < 1.29 is 4.79 Å². The first kappa shape index (κ1) is 16.6.